The molecule has 1 amide bonds. The minimum atomic E-state index is -0.692. The Labute approximate surface area is 215 Å². The summed E-state index contributed by atoms with van der Waals surface area (Å²) in [6, 6.07) is 6.57. The van der Waals surface area contributed by atoms with Gasteiger partial charge in [-0.25, -0.2) is 0 Å². The number of nitrogens with zero attached hydrogens (tertiary/aromatic N) is 2. The summed E-state index contributed by atoms with van der Waals surface area (Å²) in [5.41, 5.74) is 1.86. The van der Waals surface area contributed by atoms with Crippen LogP contribution in [0.15, 0.2) is 48.0 Å². The number of rotatable bonds is 6. The first-order valence-electron chi connectivity index (χ1n) is 12.0. The number of hydrogen-bond donors (Lipinski definition) is 0. The molecule has 8 nitrogen and oxygen atoms in total. The third kappa shape index (κ3) is 3.97. The van der Waals surface area contributed by atoms with Gasteiger partial charge in [-0.05, 0) is 48.1 Å². The van der Waals surface area contributed by atoms with Gasteiger partial charge >= 0.3 is 0 Å². The highest BCUT2D eigenvalue weighted by atomic mass is 35.5. The predicted octanol–water partition coefficient (Wildman–Crippen LogP) is 4.07. The fraction of sp³-hybridized carbons (Fsp3) is 0.444. The lowest BCUT2D eigenvalue weighted by Gasteiger charge is -2.40. The molecule has 36 heavy (non-hydrogen) atoms. The second-order valence-electron chi connectivity index (χ2n) is 9.49. The molecular weight excluding hydrogens is 484 g/mol. The molecule has 9 heteroatoms. The Hall–Kier alpha value is -3.26. The number of alkyl halides is 1. The van der Waals surface area contributed by atoms with E-state index in [1.54, 1.807) is 29.4 Å². The van der Waals surface area contributed by atoms with Crippen molar-refractivity contribution in [3.63, 3.8) is 0 Å². The molecule has 1 saturated carbocycles. The van der Waals surface area contributed by atoms with Crippen LogP contribution in [-0.2, 0) is 20.9 Å². The molecule has 1 aromatic carbocycles. The van der Waals surface area contributed by atoms with Gasteiger partial charge in [-0.15, -0.1) is 11.6 Å². The second kappa shape index (κ2) is 9.65. The summed E-state index contributed by atoms with van der Waals surface area (Å²) in [7, 11) is 4.59. The first-order valence-corrected chi connectivity index (χ1v) is 12.4. The summed E-state index contributed by atoms with van der Waals surface area (Å²) >= 11 is 6.57. The largest absolute Gasteiger partial charge is 0.493 e. The maximum absolute atomic E-state index is 14.0. The van der Waals surface area contributed by atoms with Crippen molar-refractivity contribution in [1.29, 1.82) is 0 Å². The van der Waals surface area contributed by atoms with Gasteiger partial charge < -0.3 is 23.8 Å². The van der Waals surface area contributed by atoms with Crippen LogP contribution in [0.1, 0.15) is 36.9 Å². The van der Waals surface area contributed by atoms with Crippen LogP contribution in [0.5, 0.6) is 17.2 Å². The summed E-state index contributed by atoms with van der Waals surface area (Å²) in [5.74, 6) is 0.824. The Morgan fingerprint density at radius 1 is 1.11 bits per heavy atom. The van der Waals surface area contributed by atoms with E-state index in [1.165, 1.54) is 21.3 Å². The molecule has 1 aromatic heterocycles. The van der Waals surface area contributed by atoms with Crippen molar-refractivity contribution < 1.29 is 28.5 Å². The number of carbonyl (C=O) groups is 2. The molecular formula is C27H29ClN2O6. The first-order chi connectivity index (χ1) is 17.4. The van der Waals surface area contributed by atoms with E-state index in [0.29, 0.717) is 41.2 Å². The maximum Gasteiger partial charge on any atom is 0.290 e. The van der Waals surface area contributed by atoms with E-state index in [1.807, 2.05) is 12.1 Å². The Kier molecular flexibility index (Phi) is 6.55. The highest BCUT2D eigenvalue weighted by molar-refractivity contribution is 6.21. The van der Waals surface area contributed by atoms with Gasteiger partial charge in [0.15, 0.2) is 23.0 Å². The smallest absolute Gasteiger partial charge is 0.290 e. The summed E-state index contributed by atoms with van der Waals surface area (Å²) in [5, 5.41) is -0.121. The minimum absolute atomic E-state index is 0.0837. The standard InChI is InChI=1S/C27H29ClN2O6/c1-14-8-19-17(11-18(14)28)24(31)22-23(16-9-20(33-2)25(35-4)21(10-16)34-3)30(27(32)26(22)36-19)13-15-6-5-7-29-12-15/h5-7,9-10,12,14,17-19,23H,8,11,13H2,1-4H3. The molecule has 1 fully saturated rings. The first kappa shape index (κ1) is 24.4. The number of pyridine rings is 1. The van der Waals surface area contributed by atoms with Gasteiger partial charge in [0.05, 0.1) is 38.9 Å². The molecule has 2 aromatic rings. The summed E-state index contributed by atoms with van der Waals surface area (Å²) in [6.45, 7) is 2.30. The van der Waals surface area contributed by atoms with Crippen molar-refractivity contribution in [2.45, 2.75) is 43.8 Å². The van der Waals surface area contributed by atoms with Crippen LogP contribution < -0.4 is 14.2 Å². The van der Waals surface area contributed by atoms with Crippen LogP contribution in [0, 0.1) is 11.8 Å². The summed E-state index contributed by atoms with van der Waals surface area (Å²) < 4.78 is 22.9. The van der Waals surface area contributed by atoms with Crippen molar-refractivity contribution in [3.8, 4) is 17.2 Å². The van der Waals surface area contributed by atoms with Crippen LogP contribution in [0.25, 0.3) is 0 Å². The number of carbonyl (C=O) groups excluding carboxylic acids is 2. The van der Waals surface area contributed by atoms with E-state index in [9.17, 15) is 9.59 Å². The highest BCUT2D eigenvalue weighted by Gasteiger charge is 2.53. The topological polar surface area (TPSA) is 87.2 Å². The molecule has 2 aliphatic heterocycles. The van der Waals surface area contributed by atoms with Crippen LogP contribution in [-0.4, -0.2) is 54.4 Å². The Morgan fingerprint density at radius 3 is 2.44 bits per heavy atom. The lowest BCUT2D eigenvalue weighted by Crippen LogP contribution is -2.44. The van der Waals surface area contributed by atoms with Crippen molar-refractivity contribution >= 4 is 23.3 Å². The zero-order valence-electron chi connectivity index (χ0n) is 20.7. The molecule has 0 saturated heterocycles. The number of ether oxygens (including phenoxy) is 4. The molecule has 5 unspecified atom stereocenters. The Bertz CT molecular complexity index is 1190. The number of fused-ring (bicyclic) bond motifs is 1. The normalized spacial score (nSPS) is 27.4. The van der Waals surface area contributed by atoms with Gasteiger partial charge in [-0.1, -0.05) is 13.0 Å². The van der Waals surface area contributed by atoms with Crippen molar-refractivity contribution in [2.24, 2.45) is 11.8 Å². The third-order valence-electron chi connectivity index (χ3n) is 7.38. The zero-order chi connectivity index (χ0) is 25.6. The van der Waals surface area contributed by atoms with Gasteiger partial charge in [0.25, 0.3) is 5.91 Å². The maximum atomic E-state index is 14.0. The van der Waals surface area contributed by atoms with Crippen LogP contribution in [0.4, 0.5) is 0 Å². The average Bonchev–Trinajstić information content (AvgIpc) is 3.16. The van der Waals surface area contributed by atoms with Crippen molar-refractivity contribution in [3.05, 3.63) is 59.1 Å². The van der Waals surface area contributed by atoms with Gasteiger partial charge in [0.1, 0.15) is 6.10 Å². The zero-order valence-corrected chi connectivity index (χ0v) is 21.4. The highest BCUT2D eigenvalue weighted by Crippen LogP contribution is 2.50. The van der Waals surface area contributed by atoms with E-state index in [4.69, 9.17) is 30.5 Å². The molecule has 5 rings (SSSR count). The third-order valence-corrected chi connectivity index (χ3v) is 7.99. The van der Waals surface area contributed by atoms with E-state index in [-0.39, 0.29) is 41.4 Å². The number of hydrogen-bond acceptors (Lipinski definition) is 7. The quantitative estimate of drug-likeness (QED) is 0.539. The van der Waals surface area contributed by atoms with Crippen LogP contribution >= 0.6 is 11.6 Å². The van der Waals surface area contributed by atoms with Gasteiger partial charge in [-0.2, -0.15) is 0 Å². The van der Waals surface area contributed by atoms with Gasteiger partial charge in [-0.3, -0.25) is 14.6 Å². The fourth-order valence-electron chi connectivity index (χ4n) is 5.52. The van der Waals surface area contributed by atoms with Crippen LogP contribution in [0.3, 0.4) is 0 Å². The average molecular weight is 513 g/mol. The molecule has 190 valence electrons. The molecule has 0 N–H and O–H groups in total. The predicted molar refractivity (Wildman–Crippen MR) is 132 cm³/mol. The van der Waals surface area contributed by atoms with Crippen molar-refractivity contribution in [2.75, 3.05) is 21.3 Å². The van der Waals surface area contributed by atoms with E-state index in [0.717, 1.165) is 5.56 Å². The molecule has 1 aliphatic carbocycles. The second-order valence-corrected chi connectivity index (χ2v) is 10.1. The van der Waals surface area contributed by atoms with E-state index < -0.39 is 12.0 Å². The molecule has 3 heterocycles. The van der Waals surface area contributed by atoms with Gasteiger partial charge in [0, 0.05) is 24.3 Å². The summed E-state index contributed by atoms with van der Waals surface area (Å²) in [6.07, 6.45) is 4.17. The van der Waals surface area contributed by atoms with Gasteiger partial charge in [0.2, 0.25) is 5.75 Å². The number of Topliss-reactive ketones (excluding diaryl/α,β-unsaturated/α-hetero) is 1. The molecule has 3 aliphatic rings. The number of methoxy groups -OCH3 is 3. The Morgan fingerprint density at radius 2 is 1.83 bits per heavy atom. The SMILES string of the molecule is COc1cc(C2C3=C(OC4CC(C)C(Cl)CC4C3=O)C(=O)N2Cc2cccnc2)cc(OC)c1OC. The number of amides is 1. The number of ketones is 1. The molecule has 0 bridgehead atoms. The van der Waals surface area contributed by atoms with Crippen molar-refractivity contribution in [1.82, 2.24) is 9.88 Å². The number of benzene rings is 1. The Balaban J connectivity index is 1.64. The summed E-state index contributed by atoms with van der Waals surface area (Å²) in [4.78, 5) is 33.6. The van der Waals surface area contributed by atoms with E-state index in [2.05, 4.69) is 11.9 Å². The monoisotopic (exact) mass is 512 g/mol. The molecule has 0 radical (unpaired) electrons. The molecule has 5 atom stereocenters. The molecule has 0 spiro atoms. The van der Waals surface area contributed by atoms with Crippen LogP contribution in [0.2, 0.25) is 0 Å². The number of aromatic nitrogens is 1. The fourth-order valence-corrected chi connectivity index (χ4v) is 5.82. The minimum Gasteiger partial charge on any atom is -0.493 e. The lowest BCUT2D eigenvalue weighted by molar-refractivity contribution is -0.136. The van der Waals surface area contributed by atoms with E-state index >= 15 is 0 Å². The number of halogens is 1. The lowest BCUT2D eigenvalue weighted by atomic mass is 9.74.